The van der Waals surface area contributed by atoms with Crippen LogP contribution in [-0.4, -0.2) is 25.8 Å². The summed E-state index contributed by atoms with van der Waals surface area (Å²) < 4.78 is 0. The molecule has 31 heavy (non-hydrogen) atoms. The number of rotatable bonds is 6. The second-order valence-corrected chi connectivity index (χ2v) is 7.49. The Kier molecular flexibility index (Phi) is 5.72. The molecule has 1 amide bonds. The highest BCUT2D eigenvalue weighted by Gasteiger charge is 2.25. The average Bonchev–Trinajstić information content (AvgIpc) is 2.78. The van der Waals surface area contributed by atoms with Crippen LogP contribution in [0.15, 0.2) is 77.0 Å². The van der Waals surface area contributed by atoms with Gasteiger partial charge in [0.15, 0.2) is 5.03 Å². The van der Waals surface area contributed by atoms with Gasteiger partial charge in [0.2, 0.25) is 5.82 Å². The number of hydrazine groups is 1. The summed E-state index contributed by atoms with van der Waals surface area (Å²) in [6, 6.07) is 16.3. The number of hydrogen-bond acceptors (Lipinski definition) is 8. The highest BCUT2D eigenvalue weighted by molar-refractivity contribution is 7.99. The zero-order chi connectivity index (χ0) is 21.8. The summed E-state index contributed by atoms with van der Waals surface area (Å²) in [5.74, 6) is -0.545. The van der Waals surface area contributed by atoms with Gasteiger partial charge in [0.05, 0.1) is 10.4 Å². The number of aryl methyl sites for hydroxylation is 1. The van der Waals surface area contributed by atoms with Crippen molar-refractivity contribution in [2.75, 3.05) is 5.43 Å². The SMILES string of the molecule is Cc1ccccc1C(=O)NNc1ncnc(Sc2cccc3cccnc23)c1[N+](=O)[O-]. The number of benzene rings is 2. The number of fused-ring (bicyclic) bond motifs is 1. The van der Waals surface area contributed by atoms with Crippen LogP contribution in [0.5, 0.6) is 0 Å². The quantitative estimate of drug-likeness (QED) is 0.265. The maximum Gasteiger partial charge on any atom is 0.345 e. The predicted molar refractivity (Wildman–Crippen MR) is 117 cm³/mol. The zero-order valence-corrected chi connectivity index (χ0v) is 17.1. The lowest BCUT2D eigenvalue weighted by atomic mass is 10.1. The van der Waals surface area contributed by atoms with Crippen LogP contribution in [0.3, 0.4) is 0 Å². The van der Waals surface area contributed by atoms with Crippen molar-refractivity contribution >= 4 is 40.1 Å². The van der Waals surface area contributed by atoms with Gasteiger partial charge in [0.25, 0.3) is 5.91 Å². The molecular weight excluding hydrogens is 416 g/mol. The molecule has 0 fully saturated rings. The first-order chi connectivity index (χ1) is 15.0. The van der Waals surface area contributed by atoms with Crippen LogP contribution in [0.25, 0.3) is 10.9 Å². The third-order valence-electron chi connectivity index (χ3n) is 4.46. The van der Waals surface area contributed by atoms with Gasteiger partial charge in [-0.05, 0) is 30.7 Å². The fourth-order valence-electron chi connectivity index (χ4n) is 2.97. The minimum Gasteiger partial charge on any atom is -0.276 e. The smallest absolute Gasteiger partial charge is 0.276 e. The number of nitrogens with one attached hydrogen (secondary N) is 2. The summed E-state index contributed by atoms with van der Waals surface area (Å²) in [6.45, 7) is 1.80. The lowest BCUT2D eigenvalue weighted by Gasteiger charge is -2.11. The molecule has 2 aromatic heterocycles. The lowest BCUT2D eigenvalue weighted by molar-refractivity contribution is -0.387. The molecule has 0 saturated heterocycles. The number of anilines is 1. The van der Waals surface area contributed by atoms with Gasteiger partial charge in [0, 0.05) is 22.0 Å². The van der Waals surface area contributed by atoms with Gasteiger partial charge in [-0.2, -0.15) is 0 Å². The van der Waals surface area contributed by atoms with Crippen LogP contribution < -0.4 is 10.9 Å². The van der Waals surface area contributed by atoms with Gasteiger partial charge in [0.1, 0.15) is 6.33 Å². The molecule has 9 nitrogen and oxygen atoms in total. The number of carbonyl (C=O) groups is 1. The van der Waals surface area contributed by atoms with Crippen molar-refractivity contribution in [1.82, 2.24) is 20.4 Å². The Morgan fingerprint density at radius 2 is 1.84 bits per heavy atom. The Bertz CT molecular complexity index is 1290. The molecule has 0 aliphatic rings. The van der Waals surface area contributed by atoms with Gasteiger partial charge in [-0.25, -0.2) is 9.97 Å². The van der Waals surface area contributed by atoms with Crippen molar-refractivity contribution in [3.05, 3.63) is 88.4 Å². The zero-order valence-electron chi connectivity index (χ0n) is 16.3. The number of nitrogens with zero attached hydrogens (tertiary/aromatic N) is 4. The van der Waals surface area contributed by atoms with Crippen molar-refractivity contribution in [1.29, 1.82) is 0 Å². The Morgan fingerprint density at radius 1 is 1.03 bits per heavy atom. The average molecular weight is 432 g/mol. The Balaban J connectivity index is 1.63. The largest absolute Gasteiger partial charge is 0.345 e. The Hall–Kier alpha value is -4.05. The van der Waals surface area contributed by atoms with Gasteiger partial charge in [-0.15, -0.1) is 0 Å². The topological polar surface area (TPSA) is 123 Å². The van der Waals surface area contributed by atoms with Crippen molar-refractivity contribution < 1.29 is 9.72 Å². The van der Waals surface area contributed by atoms with E-state index < -0.39 is 10.8 Å². The number of hydrogen-bond donors (Lipinski definition) is 2. The third kappa shape index (κ3) is 4.28. The molecule has 2 aromatic carbocycles. The van der Waals surface area contributed by atoms with E-state index >= 15 is 0 Å². The van der Waals surface area contributed by atoms with Gasteiger partial charge in [-0.3, -0.25) is 30.7 Å². The van der Waals surface area contributed by atoms with Crippen LogP contribution in [0.2, 0.25) is 0 Å². The van der Waals surface area contributed by atoms with E-state index in [1.165, 1.54) is 6.33 Å². The summed E-state index contributed by atoms with van der Waals surface area (Å²) in [5, 5.41) is 12.8. The van der Waals surface area contributed by atoms with E-state index in [1.54, 1.807) is 31.3 Å². The number of carbonyl (C=O) groups excluding carboxylic acids is 1. The molecule has 0 aliphatic carbocycles. The number of amides is 1. The van der Waals surface area contributed by atoms with Crippen LogP contribution in [0, 0.1) is 17.0 Å². The normalized spacial score (nSPS) is 10.6. The maximum absolute atomic E-state index is 12.4. The van der Waals surface area contributed by atoms with Crippen LogP contribution >= 0.6 is 11.8 Å². The minimum absolute atomic E-state index is 0.113. The molecule has 4 aromatic rings. The van der Waals surface area contributed by atoms with Crippen molar-refractivity contribution in [2.45, 2.75) is 16.8 Å². The Morgan fingerprint density at radius 3 is 2.65 bits per heavy atom. The van der Waals surface area contributed by atoms with E-state index in [9.17, 15) is 14.9 Å². The number of aromatic nitrogens is 3. The molecule has 154 valence electrons. The minimum atomic E-state index is -0.580. The van der Waals surface area contributed by atoms with Crippen LogP contribution in [0.4, 0.5) is 11.5 Å². The molecule has 0 radical (unpaired) electrons. The first kappa shape index (κ1) is 20.2. The summed E-state index contributed by atoms with van der Waals surface area (Å²) in [4.78, 5) is 36.8. The molecule has 10 heteroatoms. The number of para-hydroxylation sites is 1. The molecule has 2 N–H and O–H groups in total. The van der Waals surface area contributed by atoms with Crippen LogP contribution in [-0.2, 0) is 0 Å². The fraction of sp³-hybridized carbons (Fsp3) is 0.0476. The van der Waals surface area contributed by atoms with Gasteiger partial charge >= 0.3 is 5.69 Å². The highest BCUT2D eigenvalue weighted by Crippen LogP contribution is 2.38. The molecule has 0 saturated carbocycles. The van der Waals surface area contributed by atoms with Crippen LogP contribution in [0.1, 0.15) is 15.9 Å². The Labute approximate surface area is 181 Å². The predicted octanol–water partition coefficient (Wildman–Crippen LogP) is 4.15. The van der Waals surface area contributed by atoms with Gasteiger partial charge in [-0.1, -0.05) is 48.2 Å². The second-order valence-electron chi connectivity index (χ2n) is 6.46. The molecule has 0 spiro atoms. The second kappa shape index (κ2) is 8.76. The summed E-state index contributed by atoms with van der Waals surface area (Å²) in [5.41, 5.74) is 6.62. The summed E-state index contributed by atoms with van der Waals surface area (Å²) >= 11 is 1.11. The van der Waals surface area contributed by atoms with Gasteiger partial charge < -0.3 is 0 Å². The van der Waals surface area contributed by atoms with Crippen molar-refractivity contribution in [2.24, 2.45) is 0 Å². The maximum atomic E-state index is 12.4. The third-order valence-corrected chi connectivity index (χ3v) is 5.50. The lowest BCUT2D eigenvalue weighted by Crippen LogP contribution is -2.30. The summed E-state index contributed by atoms with van der Waals surface area (Å²) in [6.07, 6.45) is 2.87. The molecule has 2 heterocycles. The molecule has 0 aliphatic heterocycles. The van der Waals surface area contributed by atoms with E-state index in [-0.39, 0.29) is 16.5 Å². The van der Waals surface area contributed by atoms with Crippen molar-refractivity contribution in [3.63, 3.8) is 0 Å². The molecule has 0 bridgehead atoms. The number of pyridine rings is 1. The first-order valence-electron chi connectivity index (χ1n) is 9.17. The monoisotopic (exact) mass is 432 g/mol. The molecule has 4 rings (SSSR count). The molecule has 0 unspecified atom stereocenters. The van der Waals surface area contributed by atoms with Crippen molar-refractivity contribution in [3.8, 4) is 0 Å². The number of nitro groups is 1. The first-order valence-corrected chi connectivity index (χ1v) is 9.99. The molecular formula is C21H16N6O3S. The highest BCUT2D eigenvalue weighted by atomic mass is 32.2. The molecule has 0 atom stereocenters. The fourth-order valence-corrected chi connectivity index (χ4v) is 3.96. The standard InChI is InChI=1S/C21H16N6O3S/c1-13-6-2-3-9-15(13)20(28)26-25-19-18(27(29)30)21(24-12-23-19)31-16-10-4-7-14-8-5-11-22-17(14)16/h2-12H,1H3,(H,26,28)(H,23,24,25). The summed E-state index contributed by atoms with van der Waals surface area (Å²) in [7, 11) is 0. The van der Waals surface area contributed by atoms with E-state index in [1.807, 2.05) is 36.4 Å². The van der Waals surface area contributed by atoms with E-state index in [2.05, 4.69) is 25.8 Å². The van der Waals surface area contributed by atoms with E-state index in [0.29, 0.717) is 11.1 Å². The van der Waals surface area contributed by atoms with E-state index in [0.717, 1.165) is 27.6 Å². The van der Waals surface area contributed by atoms with E-state index in [4.69, 9.17) is 0 Å².